The molecule has 116 valence electrons. The Labute approximate surface area is 127 Å². The highest BCUT2D eigenvalue weighted by molar-refractivity contribution is 5.17. The number of nitrogens with one attached hydrogen (secondary N) is 1. The van der Waals surface area contributed by atoms with Gasteiger partial charge in [-0.2, -0.15) is 4.98 Å². The molecule has 0 aliphatic heterocycles. The Hall–Kier alpha value is -0.900. The second-order valence-electron chi connectivity index (χ2n) is 7.86. The van der Waals surface area contributed by atoms with Crippen LogP contribution in [0.5, 0.6) is 0 Å². The fraction of sp³-hybridized carbons (Fsp3) is 0.882. The van der Waals surface area contributed by atoms with Crippen molar-refractivity contribution < 1.29 is 4.52 Å². The van der Waals surface area contributed by atoms with Crippen LogP contribution in [-0.4, -0.2) is 23.2 Å². The maximum absolute atomic E-state index is 5.61. The highest BCUT2D eigenvalue weighted by Gasteiger charge is 2.53. The monoisotopic (exact) mass is 289 g/mol. The summed E-state index contributed by atoms with van der Waals surface area (Å²) in [6, 6.07) is 0. The molecule has 21 heavy (non-hydrogen) atoms. The fourth-order valence-electron chi connectivity index (χ4n) is 5.48. The Morgan fingerprint density at radius 3 is 2.38 bits per heavy atom. The molecular formula is C17H27N3O. The number of hydrogen-bond donors (Lipinski definition) is 1. The van der Waals surface area contributed by atoms with Gasteiger partial charge in [0.15, 0.2) is 5.82 Å². The number of likely N-dealkylation sites (N-methyl/N-ethyl adjacent to an activating group) is 1. The van der Waals surface area contributed by atoms with Crippen molar-refractivity contribution in [3.8, 4) is 0 Å². The molecule has 4 aliphatic carbocycles. The molecule has 1 heterocycles. The van der Waals surface area contributed by atoms with E-state index in [1.165, 1.54) is 38.5 Å². The predicted molar refractivity (Wildman–Crippen MR) is 81.1 cm³/mol. The SMILES string of the molecule is CCNCC(C)c1nc(C23CC4CC(CC(C4)C2)C3)no1. The van der Waals surface area contributed by atoms with Crippen molar-refractivity contribution in [2.75, 3.05) is 13.1 Å². The lowest BCUT2D eigenvalue weighted by Gasteiger charge is -2.55. The highest BCUT2D eigenvalue weighted by atomic mass is 16.5. The van der Waals surface area contributed by atoms with Gasteiger partial charge in [-0.1, -0.05) is 19.0 Å². The van der Waals surface area contributed by atoms with Gasteiger partial charge in [0, 0.05) is 17.9 Å². The van der Waals surface area contributed by atoms with Crippen LogP contribution in [0.25, 0.3) is 0 Å². The fourth-order valence-corrected chi connectivity index (χ4v) is 5.48. The first-order chi connectivity index (χ1) is 10.2. The van der Waals surface area contributed by atoms with E-state index < -0.39 is 0 Å². The Morgan fingerprint density at radius 1 is 1.19 bits per heavy atom. The predicted octanol–water partition coefficient (Wildman–Crippen LogP) is 3.25. The molecule has 0 amide bonds. The first-order valence-electron chi connectivity index (χ1n) is 8.73. The van der Waals surface area contributed by atoms with Crippen molar-refractivity contribution >= 4 is 0 Å². The van der Waals surface area contributed by atoms with Crippen LogP contribution in [-0.2, 0) is 5.41 Å². The molecule has 1 atom stereocenters. The maximum atomic E-state index is 5.61. The van der Waals surface area contributed by atoms with Gasteiger partial charge in [0.25, 0.3) is 0 Å². The summed E-state index contributed by atoms with van der Waals surface area (Å²) in [5.41, 5.74) is 0.258. The summed E-state index contributed by atoms with van der Waals surface area (Å²) in [7, 11) is 0. The Kier molecular flexibility index (Phi) is 3.32. The van der Waals surface area contributed by atoms with Crippen LogP contribution >= 0.6 is 0 Å². The summed E-state index contributed by atoms with van der Waals surface area (Å²) < 4.78 is 5.61. The van der Waals surface area contributed by atoms with E-state index >= 15 is 0 Å². The van der Waals surface area contributed by atoms with Crippen molar-refractivity contribution in [1.82, 2.24) is 15.5 Å². The molecule has 1 aromatic heterocycles. The van der Waals surface area contributed by atoms with E-state index in [9.17, 15) is 0 Å². The summed E-state index contributed by atoms with van der Waals surface area (Å²) in [5, 5.41) is 7.78. The molecule has 4 fully saturated rings. The van der Waals surface area contributed by atoms with E-state index in [0.717, 1.165) is 42.6 Å². The molecule has 1 unspecified atom stereocenters. The van der Waals surface area contributed by atoms with Crippen LogP contribution in [0.4, 0.5) is 0 Å². The highest BCUT2D eigenvalue weighted by Crippen LogP contribution is 2.60. The van der Waals surface area contributed by atoms with Crippen LogP contribution in [0.3, 0.4) is 0 Å². The molecule has 1 aromatic rings. The van der Waals surface area contributed by atoms with Crippen molar-refractivity contribution in [3.05, 3.63) is 11.7 Å². The average molecular weight is 289 g/mol. The van der Waals surface area contributed by atoms with Gasteiger partial charge in [0.2, 0.25) is 5.89 Å². The van der Waals surface area contributed by atoms with Crippen LogP contribution in [0, 0.1) is 17.8 Å². The van der Waals surface area contributed by atoms with Crippen LogP contribution in [0.15, 0.2) is 4.52 Å². The van der Waals surface area contributed by atoms with Gasteiger partial charge in [-0.3, -0.25) is 0 Å². The lowest BCUT2D eigenvalue weighted by molar-refractivity contribution is -0.0103. The number of hydrogen-bond acceptors (Lipinski definition) is 4. The van der Waals surface area contributed by atoms with Crippen molar-refractivity contribution in [2.24, 2.45) is 17.8 Å². The third-order valence-corrected chi connectivity index (χ3v) is 6.08. The Morgan fingerprint density at radius 2 is 1.81 bits per heavy atom. The average Bonchev–Trinajstić information content (AvgIpc) is 2.94. The molecule has 0 spiro atoms. The quantitative estimate of drug-likeness (QED) is 0.904. The van der Waals surface area contributed by atoms with E-state index in [-0.39, 0.29) is 5.41 Å². The largest absolute Gasteiger partial charge is 0.339 e. The van der Waals surface area contributed by atoms with Crippen molar-refractivity contribution in [1.29, 1.82) is 0 Å². The van der Waals surface area contributed by atoms with Gasteiger partial charge >= 0.3 is 0 Å². The minimum absolute atomic E-state index is 0.258. The third kappa shape index (κ3) is 2.32. The van der Waals surface area contributed by atoms with E-state index in [1.54, 1.807) is 0 Å². The topological polar surface area (TPSA) is 51.0 Å². The van der Waals surface area contributed by atoms with Crippen LogP contribution < -0.4 is 5.32 Å². The van der Waals surface area contributed by atoms with Crippen molar-refractivity contribution in [3.63, 3.8) is 0 Å². The molecule has 5 rings (SSSR count). The van der Waals surface area contributed by atoms with E-state index in [1.807, 2.05) is 0 Å². The summed E-state index contributed by atoms with van der Waals surface area (Å²) >= 11 is 0. The van der Waals surface area contributed by atoms with Gasteiger partial charge in [-0.05, 0) is 62.8 Å². The first kappa shape index (κ1) is 13.7. The second kappa shape index (κ2) is 5.08. The minimum atomic E-state index is 0.258. The van der Waals surface area contributed by atoms with Crippen LogP contribution in [0.1, 0.15) is 70.0 Å². The molecule has 0 saturated heterocycles. The molecule has 4 heteroatoms. The lowest BCUT2D eigenvalue weighted by Crippen LogP contribution is -2.49. The maximum Gasteiger partial charge on any atom is 0.230 e. The van der Waals surface area contributed by atoms with E-state index in [4.69, 9.17) is 9.51 Å². The Balaban J connectivity index is 1.55. The molecule has 4 bridgehead atoms. The minimum Gasteiger partial charge on any atom is -0.339 e. The van der Waals surface area contributed by atoms with E-state index in [2.05, 4.69) is 24.3 Å². The molecule has 0 aromatic carbocycles. The van der Waals surface area contributed by atoms with Gasteiger partial charge in [-0.25, -0.2) is 0 Å². The standard InChI is InChI=1S/C17H27N3O/c1-3-18-10-11(2)15-19-16(20-21-15)17-7-12-4-13(8-17)6-14(5-12)9-17/h11-14,18H,3-10H2,1-2H3. The normalized spacial score (nSPS) is 38.9. The molecule has 4 saturated carbocycles. The summed E-state index contributed by atoms with van der Waals surface area (Å²) in [5.74, 6) is 4.94. The van der Waals surface area contributed by atoms with Gasteiger partial charge < -0.3 is 9.84 Å². The zero-order valence-electron chi connectivity index (χ0n) is 13.3. The molecule has 4 nitrogen and oxygen atoms in total. The number of aromatic nitrogens is 2. The van der Waals surface area contributed by atoms with Crippen molar-refractivity contribution in [2.45, 2.75) is 63.7 Å². The first-order valence-corrected chi connectivity index (χ1v) is 8.73. The van der Waals surface area contributed by atoms with E-state index in [0.29, 0.717) is 5.92 Å². The Bertz CT molecular complexity index is 475. The smallest absolute Gasteiger partial charge is 0.230 e. The van der Waals surface area contributed by atoms with Gasteiger partial charge in [-0.15, -0.1) is 0 Å². The molecule has 0 radical (unpaired) electrons. The van der Waals surface area contributed by atoms with Gasteiger partial charge in [0.05, 0.1) is 0 Å². The zero-order valence-corrected chi connectivity index (χ0v) is 13.3. The summed E-state index contributed by atoms with van der Waals surface area (Å²) in [6.07, 6.45) is 8.29. The summed E-state index contributed by atoms with van der Waals surface area (Å²) in [4.78, 5) is 4.84. The number of rotatable bonds is 5. The zero-order chi connectivity index (χ0) is 14.4. The summed E-state index contributed by atoms with van der Waals surface area (Å²) in [6.45, 7) is 6.19. The number of nitrogens with zero attached hydrogens (tertiary/aromatic N) is 2. The molecule has 4 aliphatic rings. The van der Waals surface area contributed by atoms with Gasteiger partial charge in [0.1, 0.15) is 0 Å². The third-order valence-electron chi connectivity index (χ3n) is 6.08. The molecule has 1 N–H and O–H groups in total. The second-order valence-corrected chi connectivity index (χ2v) is 7.86. The van der Waals surface area contributed by atoms with Crippen LogP contribution in [0.2, 0.25) is 0 Å². The molecular weight excluding hydrogens is 262 g/mol. The lowest BCUT2D eigenvalue weighted by atomic mass is 9.49.